The first-order chi connectivity index (χ1) is 7.54. The van der Waals surface area contributed by atoms with E-state index in [1.807, 2.05) is 6.92 Å². The van der Waals surface area contributed by atoms with Gasteiger partial charge in [-0.05, 0) is 18.6 Å². The van der Waals surface area contributed by atoms with Gasteiger partial charge in [0.25, 0.3) is 0 Å². The SMILES string of the molecule is CCC(C)C(=O)Nc1cccc(C(=O)O)n1. The van der Waals surface area contributed by atoms with Crippen LogP contribution in [0.4, 0.5) is 5.82 Å². The second-order valence-corrected chi connectivity index (χ2v) is 3.51. The molecule has 2 N–H and O–H groups in total. The van der Waals surface area contributed by atoms with Crippen LogP contribution < -0.4 is 5.32 Å². The third-order valence-corrected chi connectivity index (χ3v) is 2.28. The Bertz CT molecular complexity index is 404. The van der Waals surface area contributed by atoms with E-state index in [1.165, 1.54) is 6.07 Å². The number of hydrogen-bond donors (Lipinski definition) is 2. The van der Waals surface area contributed by atoms with Gasteiger partial charge in [-0.3, -0.25) is 4.79 Å². The maximum absolute atomic E-state index is 11.5. The second kappa shape index (κ2) is 5.25. The monoisotopic (exact) mass is 222 g/mol. The number of carbonyl (C=O) groups is 2. The van der Waals surface area contributed by atoms with E-state index in [4.69, 9.17) is 5.11 Å². The Kier molecular flexibility index (Phi) is 3.99. The van der Waals surface area contributed by atoms with E-state index in [0.29, 0.717) is 0 Å². The standard InChI is InChI=1S/C11H14N2O3/c1-3-7(2)10(14)13-9-6-4-5-8(12-9)11(15)16/h4-7H,3H2,1-2H3,(H,15,16)(H,12,13,14). The molecule has 0 saturated heterocycles. The summed E-state index contributed by atoms with van der Waals surface area (Å²) in [5.41, 5.74) is -0.0815. The third-order valence-electron chi connectivity index (χ3n) is 2.28. The molecule has 1 rings (SSSR count). The molecule has 0 aromatic carbocycles. The Morgan fingerprint density at radius 3 is 2.75 bits per heavy atom. The van der Waals surface area contributed by atoms with Gasteiger partial charge >= 0.3 is 5.97 Å². The van der Waals surface area contributed by atoms with Crippen molar-refractivity contribution in [2.45, 2.75) is 20.3 Å². The van der Waals surface area contributed by atoms with E-state index in [0.717, 1.165) is 6.42 Å². The molecule has 1 heterocycles. The topological polar surface area (TPSA) is 79.3 Å². The molecule has 16 heavy (non-hydrogen) atoms. The highest BCUT2D eigenvalue weighted by atomic mass is 16.4. The lowest BCUT2D eigenvalue weighted by atomic mass is 10.1. The molecule has 0 radical (unpaired) electrons. The largest absolute Gasteiger partial charge is 0.477 e. The highest BCUT2D eigenvalue weighted by molar-refractivity contribution is 5.92. The molecule has 0 aliphatic heterocycles. The third kappa shape index (κ3) is 3.05. The number of carbonyl (C=O) groups excluding carboxylic acids is 1. The van der Waals surface area contributed by atoms with Crippen LogP contribution in [0, 0.1) is 5.92 Å². The van der Waals surface area contributed by atoms with Gasteiger partial charge in [-0.1, -0.05) is 19.9 Å². The number of carboxylic acid groups (broad SMARTS) is 1. The molecule has 5 heteroatoms. The number of pyridine rings is 1. The van der Waals surface area contributed by atoms with Gasteiger partial charge in [-0.15, -0.1) is 0 Å². The Labute approximate surface area is 93.5 Å². The van der Waals surface area contributed by atoms with E-state index in [2.05, 4.69) is 10.3 Å². The number of rotatable bonds is 4. The van der Waals surface area contributed by atoms with Crippen LogP contribution in [0.3, 0.4) is 0 Å². The van der Waals surface area contributed by atoms with Crippen LogP contribution in [0.1, 0.15) is 30.8 Å². The molecule has 1 unspecified atom stereocenters. The van der Waals surface area contributed by atoms with Gasteiger partial charge in [-0.2, -0.15) is 0 Å². The molecule has 0 aliphatic rings. The predicted molar refractivity (Wildman–Crippen MR) is 59.3 cm³/mol. The summed E-state index contributed by atoms with van der Waals surface area (Å²) in [5, 5.41) is 11.3. The lowest BCUT2D eigenvalue weighted by Crippen LogP contribution is -2.20. The van der Waals surface area contributed by atoms with E-state index < -0.39 is 5.97 Å². The van der Waals surface area contributed by atoms with E-state index in [-0.39, 0.29) is 23.3 Å². The molecular formula is C11H14N2O3. The summed E-state index contributed by atoms with van der Waals surface area (Å²) >= 11 is 0. The van der Waals surface area contributed by atoms with Gasteiger partial charge in [0.05, 0.1) is 0 Å². The fraction of sp³-hybridized carbons (Fsp3) is 0.364. The summed E-state index contributed by atoms with van der Waals surface area (Å²) in [5.74, 6) is -1.11. The van der Waals surface area contributed by atoms with Crippen molar-refractivity contribution >= 4 is 17.7 Å². The van der Waals surface area contributed by atoms with Gasteiger partial charge in [0, 0.05) is 5.92 Å². The number of nitrogens with one attached hydrogen (secondary N) is 1. The molecule has 0 fully saturated rings. The number of carboxylic acids is 1. The zero-order valence-corrected chi connectivity index (χ0v) is 9.23. The maximum Gasteiger partial charge on any atom is 0.354 e. The zero-order chi connectivity index (χ0) is 12.1. The average molecular weight is 222 g/mol. The predicted octanol–water partition coefficient (Wildman–Crippen LogP) is 1.76. The smallest absolute Gasteiger partial charge is 0.354 e. The molecule has 86 valence electrons. The van der Waals surface area contributed by atoms with Crippen LogP contribution in [0.2, 0.25) is 0 Å². The second-order valence-electron chi connectivity index (χ2n) is 3.51. The van der Waals surface area contributed by atoms with Crippen molar-refractivity contribution in [2.24, 2.45) is 5.92 Å². The minimum atomic E-state index is -1.11. The Balaban J connectivity index is 2.78. The van der Waals surface area contributed by atoms with Crippen LogP contribution in [-0.2, 0) is 4.79 Å². The van der Waals surface area contributed by atoms with Crippen molar-refractivity contribution in [3.63, 3.8) is 0 Å². The number of aromatic carboxylic acids is 1. The van der Waals surface area contributed by atoms with Gasteiger partial charge in [0.15, 0.2) is 5.69 Å². The average Bonchev–Trinajstić information content (AvgIpc) is 2.28. The van der Waals surface area contributed by atoms with E-state index in [1.54, 1.807) is 19.1 Å². The molecule has 0 saturated carbocycles. The summed E-state index contributed by atoms with van der Waals surface area (Å²) in [6, 6.07) is 4.48. The molecular weight excluding hydrogens is 208 g/mol. The van der Waals surface area contributed by atoms with E-state index >= 15 is 0 Å². The number of nitrogens with zero attached hydrogens (tertiary/aromatic N) is 1. The summed E-state index contributed by atoms with van der Waals surface area (Å²) in [6.45, 7) is 3.71. The summed E-state index contributed by atoms with van der Waals surface area (Å²) < 4.78 is 0. The van der Waals surface area contributed by atoms with Crippen molar-refractivity contribution in [1.29, 1.82) is 0 Å². The molecule has 0 spiro atoms. The molecule has 1 amide bonds. The molecule has 0 aliphatic carbocycles. The minimum absolute atomic E-state index is 0.0815. The van der Waals surface area contributed by atoms with Crippen molar-refractivity contribution in [2.75, 3.05) is 5.32 Å². The number of anilines is 1. The van der Waals surface area contributed by atoms with Crippen LogP contribution in [-0.4, -0.2) is 22.0 Å². The number of amides is 1. The molecule has 1 aromatic rings. The Hall–Kier alpha value is -1.91. The molecule has 1 aromatic heterocycles. The van der Waals surface area contributed by atoms with Crippen LogP contribution in [0.15, 0.2) is 18.2 Å². The summed E-state index contributed by atoms with van der Waals surface area (Å²) in [7, 11) is 0. The molecule has 1 atom stereocenters. The molecule has 5 nitrogen and oxygen atoms in total. The molecule has 0 bridgehead atoms. The first kappa shape index (κ1) is 12.2. The summed E-state index contributed by atoms with van der Waals surface area (Å²) in [4.78, 5) is 26.0. The zero-order valence-electron chi connectivity index (χ0n) is 9.23. The minimum Gasteiger partial charge on any atom is -0.477 e. The first-order valence-corrected chi connectivity index (χ1v) is 5.05. The lowest BCUT2D eigenvalue weighted by molar-refractivity contribution is -0.119. The Morgan fingerprint density at radius 1 is 1.50 bits per heavy atom. The Morgan fingerprint density at radius 2 is 2.19 bits per heavy atom. The van der Waals surface area contributed by atoms with Gasteiger partial charge in [0.2, 0.25) is 5.91 Å². The summed E-state index contributed by atoms with van der Waals surface area (Å²) in [6.07, 6.45) is 0.727. The number of aromatic nitrogens is 1. The highest BCUT2D eigenvalue weighted by Gasteiger charge is 2.12. The van der Waals surface area contributed by atoms with Crippen molar-refractivity contribution < 1.29 is 14.7 Å². The fourth-order valence-corrected chi connectivity index (χ4v) is 1.06. The van der Waals surface area contributed by atoms with Crippen LogP contribution >= 0.6 is 0 Å². The fourth-order valence-electron chi connectivity index (χ4n) is 1.06. The van der Waals surface area contributed by atoms with E-state index in [9.17, 15) is 9.59 Å². The van der Waals surface area contributed by atoms with Crippen molar-refractivity contribution in [3.05, 3.63) is 23.9 Å². The quantitative estimate of drug-likeness (QED) is 0.813. The number of hydrogen-bond acceptors (Lipinski definition) is 3. The first-order valence-electron chi connectivity index (χ1n) is 5.05. The van der Waals surface area contributed by atoms with Crippen LogP contribution in [0.25, 0.3) is 0 Å². The van der Waals surface area contributed by atoms with Gasteiger partial charge < -0.3 is 10.4 Å². The maximum atomic E-state index is 11.5. The normalized spacial score (nSPS) is 11.9. The van der Waals surface area contributed by atoms with Crippen molar-refractivity contribution in [1.82, 2.24) is 4.98 Å². The van der Waals surface area contributed by atoms with Crippen molar-refractivity contribution in [3.8, 4) is 0 Å². The van der Waals surface area contributed by atoms with Crippen LogP contribution in [0.5, 0.6) is 0 Å². The lowest BCUT2D eigenvalue weighted by Gasteiger charge is -2.09. The van der Waals surface area contributed by atoms with Gasteiger partial charge in [0.1, 0.15) is 5.82 Å². The van der Waals surface area contributed by atoms with Gasteiger partial charge in [-0.25, -0.2) is 9.78 Å². The highest BCUT2D eigenvalue weighted by Crippen LogP contribution is 2.08.